The van der Waals surface area contributed by atoms with Gasteiger partial charge in [0.25, 0.3) is 0 Å². The molecule has 3 N–H and O–H groups in total. The number of rotatable bonds is 3. The maximum absolute atomic E-state index is 12.8. The van der Waals surface area contributed by atoms with E-state index in [-0.39, 0.29) is 41.8 Å². The minimum Gasteiger partial charge on any atom is -0.450 e. The van der Waals surface area contributed by atoms with Gasteiger partial charge in [-0.15, -0.1) is 0 Å². The fourth-order valence-electron chi connectivity index (χ4n) is 7.40. The molecular formula is C22H30O7. The van der Waals surface area contributed by atoms with Crippen molar-refractivity contribution in [1.82, 2.24) is 0 Å². The van der Waals surface area contributed by atoms with Crippen molar-refractivity contribution in [2.24, 2.45) is 28.6 Å². The molecule has 0 unspecified atom stereocenters. The van der Waals surface area contributed by atoms with Crippen molar-refractivity contribution in [2.75, 3.05) is 6.61 Å². The van der Waals surface area contributed by atoms with E-state index in [4.69, 9.17) is 5.11 Å². The standard InChI is InChI=1S/C22H30O7/c1-20-7-5-13(23)9-12(20)3-4-14-15-6-8-22(28,17(25)11-29-19(26)27)21(15,2)10-16(24)18(14)20/h9,14-16,18,24,28H,3-8,10-11H2,1-2H3,(H,26,27)/t14-,15-,16-,18+,20-,21-,22-/m0/s1. The maximum atomic E-state index is 12.8. The Morgan fingerprint density at radius 3 is 2.62 bits per heavy atom. The Morgan fingerprint density at radius 1 is 1.21 bits per heavy atom. The number of ether oxygens (including phenoxy) is 1. The molecule has 0 radical (unpaired) electrons. The highest BCUT2D eigenvalue weighted by atomic mass is 16.7. The molecule has 4 aliphatic rings. The Kier molecular flexibility index (Phi) is 4.70. The van der Waals surface area contributed by atoms with Gasteiger partial charge in [0.05, 0.1) is 6.10 Å². The van der Waals surface area contributed by atoms with Crippen LogP contribution in [0.4, 0.5) is 4.79 Å². The van der Waals surface area contributed by atoms with Crippen LogP contribution in [0.15, 0.2) is 11.6 Å². The quantitative estimate of drug-likeness (QED) is 0.616. The molecule has 4 aliphatic carbocycles. The van der Waals surface area contributed by atoms with E-state index in [1.165, 1.54) is 0 Å². The number of fused-ring (bicyclic) bond motifs is 5. The second-order valence-corrected chi connectivity index (χ2v) is 9.95. The highest BCUT2D eigenvalue weighted by Gasteiger charge is 2.68. The zero-order valence-corrected chi connectivity index (χ0v) is 17.0. The number of aliphatic hydroxyl groups is 2. The third-order valence-corrected chi connectivity index (χ3v) is 8.84. The largest absolute Gasteiger partial charge is 0.506 e. The van der Waals surface area contributed by atoms with E-state index in [0.29, 0.717) is 12.8 Å². The molecule has 0 bridgehead atoms. The van der Waals surface area contributed by atoms with Gasteiger partial charge >= 0.3 is 6.16 Å². The summed E-state index contributed by atoms with van der Waals surface area (Å²) in [5.74, 6) is -0.250. The molecule has 0 aliphatic heterocycles. The first-order valence-corrected chi connectivity index (χ1v) is 10.6. The first-order chi connectivity index (χ1) is 13.5. The highest BCUT2D eigenvalue weighted by Crippen LogP contribution is 2.67. The molecular weight excluding hydrogens is 376 g/mol. The summed E-state index contributed by atoms with van der Waals surface area (Å²) in [6.07, 6.45) is 3.59. The molecule has 0 spiro atoms. The maximum Gasteiger partial charge on any atom is 0.506 e. The predicted octanol–water partition coefficient (Wildman–Crippen LogP) is 2.48. The molecule has 160 valence electrons. The number of carboxylic acid groups (broad SMARTS) is 1. The zero-order valence-electron chi connectivity index (χ0n) is 17.0. The second-order valence-electron chi connectivity index (χ2n) is 9.95. The SMILES string of the molecule is C[C@]12CCC(=O)C=C1CC[C@@H]1[C@@H]2[C@@H](O)C[C@@]2(C)[C@H]1CC[C@]2(O)C(=O)COC(=O)O. The highest BCUT2D eigenvalue weighted by molar-refractivity contribution is 5.92. The summed E-state index contributed by atoms with van der Waals surface area (Å²) in [5.41, 5.74) is -1.61. The van der Waals surface area contributed by atoms with Gasteiger partial charge in [-0.05, 0) is 67.8 Å². The van der Waals surface area contributed by atoms with Gasteiger partial charge in [-0.1, -0.05) is 19.4 Å². The normalized spacial score (nSPS) is 46.2. The predicted molar refractivity (Wildman–Crippen MR) is 102 cm³/mol. The van der Waals surface area contributed by atoms with E-state index in [1.807, 2.05) is 6.92 Å². The van der Waals surface area contributed by atoms with Crippen molar-refractivity contribution in [3.8, 4) is 0 Å². The van der Waals surface area contributed by atoms with Crippen molar-refractivity contribution < 1.29 is 34.4 Å². The fourth-order valence-corrected chi connectivity index (χ4v) is 7.40. The van der Waals surface area contributed by atoms with Crippen LogP contribution in [0.2, 0.25) is 0 Å². The smallest absolute Gasteiger partial charge is 0.450 e. The minimum absolute atomic E-state index is 0.00129. The molecule has 3 fully saturated rings. The van der Waals surface area contributed by atoms with Crippen LogP contribution in [-0.2, 0) is 14.3 Å². The Bertz CT molecular complexity index is 788. The third kappa shape index (κ3) is 2.81. The molecule has 7 heteroatoms. The van der Waals surface area contributed by atoms with Gasteiger partial charge in [0.1, 0.15) is 5.60 Å². The number of aliphatic hydroxyl groups excluding tert-OH is 1. The summed E-state index contributed by atoms with van der Waals surface area (Å²) in [5, 5.41) is 31.3. The molecule has 0 aromatic carbocycles. The molecule has 3 saturated carbocycles. The van der Waals surface area contributed by atoms with E-state index >= 15 is 0 Å². The zero-order chi connectivity index (χ0) is 21.2. The van der Waals surface area contributed by atoms with Crippen LogP contribution >= 0.6 is 0 Å². The van der Waals surface area contributed by atoms with Gasteiger partial charge in [-0.3, -0.25) is 9.59 Å². The number of hydrogen-bond acceptors (Lipinski definition) is 6. The monoisotopic (exact) mass is 406 g/mol. The van der Waals surface area contributed by atoms with Crippen LogP contribution in [0.5, 0.6) is 0 Å². The summed E-state index contributed by atoms with van der Waals surface area (Å²) >= 11 is 0. The van der Waals surface area contributed by atoms with Crippen LogP contribution in [0, 0.1) is 28.6 Å². The Balaban J connectivity index is 1.65. The number of allylic oxidation sites excluding steroid dienone is 1. The van der Waals surface area contributed by atoms with Gasteiger partial charge in [0.2, 0.25) is 5.78 Å². The van der Waals surface area contributed by atoms with Crippen molar-refractivity contribution in [3.63, 3.8) is 0 Å². The lowest BCUT2D eigenvalue weighted by atomic mass is 9.45. The van der Waals surface area contributed by atoms with Crippen LogP contribution < -0.4 is 0 Å². The topological polar surface area (TPSA) is 121 Å². The Hall–Kier alpha value is -1.73. The van der Waals surface area contributed by atoms with E-state index < -0.39 is 35.7 Å². The summed E-state index contributed by atoms with van der Waals surface area (Å²) < 4.78 is 4.44. The van der Waals surface area contributed by atoms with Crippen LogP contribution in [-0.4, -0.2) is 51.4 Å². The molecule has 0 amide bonds. The van der Waals surface area contributed by atoms with Crippen molar-refractivity contribution in [3.05, 3.63) is 11.6 Å². The average Bonchev–Trinajstić information content (AvgIpc) is 2.91. The molecule has 29 heavy (non-hydrogen) atoms. The van der Waals surface area contributed by atoms with Crippen LogP contribution in [0.25, 0.3) is 0 Å². The summed E-state index contributed by atoms with van der Waals surface area (Å²) in [4.78, 5) is 35.4. The van der Waals surface area contributed by atoms with E-state index in [1.54, 1.807) is 6.08 Å². The van der Waals surface area contributed by atoms with Crippen LogP contribution in [0.1, 0.15) is 58.8 Å². The van der Waals surface area contributed by atoms with Gasteiger partial charge in [-0.25, -0.2) is 4.79 Å². The first kappa shape index (κ1) is 20.5. The second kappa shape index (κ2) is 6.64. The number of carbonyl (C=O) groups is 3. The number of hydrogen-bond donors (Lipinski definition) is 3. The number of ketones is 2. The molecule has 4 rings (SSSR count). The van der Waals surface area contributed by atoms with E-state index in [0.717, 1.165) is 24.8 Å². The number of Topliss-reactive ketones (excluding diaryl/α,β-unsaturated/α-hetero) is 1. The molecule has 0 aromatic rings. The summed E-state index contributed by atoms with van der Waals surface area (Å²) in [6, 6.07) is 0. The summed E-state index contributed by atoms with van der Waals surface area (Å²) in [7, 11) is 0. The van der Waals surface area contributed by atoms with E-state index in [2.05, 4.69) is 11.7 Å². The molecule has 0 heterocycles. The molecule has 0 saturated heterocycles. The van der Waals surface area contributed by atoms with Gasteiger partial charge in [0.15, 0.2) is 12.4 Å². The van der Waals surface area contributed by atoms with Crippen molar-refractivity contribution >= 4 is 17.7 Å². The Morgan fingerprint density at radius 2 is 1.93 bits per heavy atom. The Labute approximate surface area is 170 Å². The lowest BCUT2D eigenvalue weighted by Gasteiger charge is -2.60. The molecule has 0 aromatic heterocycles. The van der Waals surface area contributed by atoms with Gasteiger partial charge in [0, 0.05) is 11.8 Å². The lowest BCUT2D eigenvalue weighted by Crippen LogP contribution is -2.62. The molecule has 7 nitrogen and oxygen atoms in total. The first-order valence-electron chi connectivity index (χ1n) is 10.6. The van der Waals surface area contributed by atoms with Crippen molar-refractivity contribution in [1.29, 1.82) is 0 Å². The van der Waals surface area contributed by atoms with Gasteiger partial charge < -0.3 is 20.1 Å². The fraction of sp³-hybridized carbons (Fsp3) is 0.773. The minimum atomic E-state index is -1.70. The third-order valence-electron chi connectivity index (χ3n) is 8.84. The van der Waals surface area contributed by atoms with Gasteiger partial charge in [-0.2, -0.15) is 0 Å². The summed E-state index contributed by atoms with van der Waals surface area (Å²) in [6.45, 7) is 3.34. The van der Waals surface area contributed by atoms with Crippen molar-refractivity contribution in [2.45, 2.75) is 70.5 Å². The lowest BCUT2D eigenvalue weighted by molar-refractivity contribution is -0.182. The number of carbonyl (C=O) groups excluding carboxylic acids is 2. The van der Waals surface area contributed by atoms with Crippen LogP contribution in [0.3, 0.4) is 0 Å². The van der Waals surface area contributed by atoms with E-state index in [9.17, 15) is 24.6 Å². The molecule has 7 atom stereocenters. The average molecular weight is 406 g/mol.